The van der Waals surface area contributed by atoms with Crippen LogP contribution in [-0.2, 0) is 56.0 Å². The maximum absolute atomic E-state index is 14.0. The third kappa shape index (κ3) is 16.0. The number of thiol groups is 1. The fourth-order valence-electron chi connectivity index (χ4n) is 5.73. The van der Waals surface area contributed by atoms with E-state index in [0.717, 1.165) is 0 Å². The average molecular weight is 837 g/mol. The lowest BCUT2D eigenvalue weighted by atomic mass is 10.0. The van der Waals surface area contributed by atoms with Gasteiger partial charge in [-0.3, -0.25) is 43.3 Å². The van der Waals surface area contributed by atoms with Gasteiger partial charge in [0.2, 0.25) is 29.5 Å². The van der Waals surface area contributed by atoms with Crippen LogP contribution in [0.1, 0.15) is 71.2 Å². The van der Waals surface area contributed by atoms with Crippen molar-refractivity contribution in [1.82, 2.24) is 46.1 Å². The molecule has 0 unspecified atom stereocenters. The first-order valence-electron chi connectivity index (χ1n) is 18.3. The van der Waals surface area contributed by atoms with Gasteiger partial charge in [0, 0.05) is 43.0 Å². The predicted octanol–water partition coefficient (Wildman–Crippen LogP) is -1.65. The third-order valence-electron chi connectivity index (χ3n) is 8.42. The van der Waals surface area contributed by atoms with Gasteiger partial charge in [0.15, 0.2) is 0 Å². The fraction of sp³-hybridized carbons (Fsp3) is 0.571. The average Bonchev–Trinajstić information content (AvgIpc) is 3.84. The van der Waals surface area contributed by atoms with Crippen molar-refractivity contribution >= 4 is 66.0 Å². The number of imidazole rings is 2. The molecule has 0 fully saturated rings. The number of aliphatic carboxylic acids is 3. The van der Waals surface area contributed by atoms with Crippen LogP contribution in [0.15, 0.2) is 25.0 Å². The smallest absolute Gasteiger partial charge is 0.327 e. The topological polar surface area (TPSA) is 349 Å². The van der Waals surface area contributed by atoms with E-state index in [2.05, 4.69) is 53.8 Å². The van der Waals surface area contributed by atoms with Crippen LogP contribution in [0.3, 0.4) is 0 Å². The van der Waals surface area contributed by atoms with Gasteiger partial charge in [0.05, 0.1) is 31.5 Å². The SMILES string of the molecule is CC(C)C[C@H](NC(=O)[C@H](CC(=O)O)NC(=O)[C@H](Cc1cnc[nH]1)NC(=O)[C@@H](N)CC(C)C)C(=O)N[C@@H](Cc1cnc[nH]1)C(=O)N(C(=O)CCS)[C@@H](CC(=O)O)C(=O)O. The summed E-state index contributed by atoms with van der Waals surface area (Å²) in [5, 5.41) is 38.7. The van der Waals surface area contributed by atoms with Crippen molar-refractivity contribution in [3.8, 4) is 0 Å². The van der Waals surface area contributed by atoms with Crippen molar-refractivity contribution in [3.05, 3.63) is 36.4 Å². The summed E-state index contributed by atoms with van der Waals surface area (Å²) < 4.78 is 0. The van der Waals surface area contributed by atoms with Gasteiger partial charge in [-0.05, 0) is 30.4 Å². The molecule has 6 amide bonds. The van der Waals surface area contributed by atoms with Crippen molar-refractivity contribution in [3.63, 3.8) is 0 Å². The lowest BCUT2D eigenvalue weighted by molar-refractivity contribution is -0.161. The van der Waals surface area contributed by atoms with Crippen LogP contribution in [0.25, 0.3) is 0 Å². The summed E-state index contributed by atoms with van der Waals surface area (Å²) in [5.41, 5.74) is 6.67. The minimum Gasteiger partial charge on any atom is -0.481 e. The highest BCUT2D eigenvalue weighted by Gasteiger charge is 2.41. The van der Waals surface area contributed by atoms with Gasteiger partial charge in [-0.1, -0.05) is 27.7 Å². The fourth-order valence-corrected chi connectivity index (χ4v) is 5.92. The van der Waals surface area contributed by atoms with Crippen LogP contribution in [0.2, 0.25) is 0 Å². The first-order valence-corrected chi connectivity index (χ1v) is 18.9. The number of amides is 6. The number of aromatic nitrogens is 4. The number of carbonyl (C=O) groups excluding carboxylic acids is 6. The number of aromatic amines is 2. The molecule has 0 spiro atoms. The number of hydrogen-bond donors (Lipinski definition) is 11. The van der Waals surface area contributed by atoms with E-state index in [1.165, 1.54) is 25.0 Å². The lowest BCUT2D eigenvalue weighted by Crippen LogP contribution is -2.61. The number of imide groups is 1. The Morgan fingerprint density at radius 2 is 1.16 bits per heavy atom. The number of carboxylic acid groups (broad SMARTS) is 3. The van der Waals surface area contributed by atoms with Crippen molar-refractivity contribution in [1.29, 1.82) is 0 Å². The Labute approximate surface area is 338 Å². The van der Waals surface area contributed by atoms with E-state index < -0.39 is 115 Å². The van der Waals surface area contributed by atoms with Crippen LogP contribution in [0, 0.1) is 11.8 Å². The van der Waals surface area contributed by atoms with Crippen LogP contribution in [0.5, 0.6) is 0 Å². The first-order chi connectivity index (χ1) is 27.2. The number of H-pyrrole nitrogens is 2. The summed E-state index contributed by atoms with van der Waals surface area (Å²) in [5.74, 6) is -11.5. The Kier molecular flexibility index (Phi) is 19.5. The molecule has 0 radical (unpaired) electrons. The molecule has 22 nitrogen and oxygen atoms in total. The standard InChI is InChI=1S/C35H52N10O12S/c1-17(2)7-21(36)30(51)41-23(9-19-13-37-15-39-19)32(53)43-24(11-28(47)48)33(54)42-22(8-18(3)4)31(52)44-25(10-20-14-38-16-40-20)34(55)45(27(46)5-6-58)26(35(56)57)12-29(49)50/h13-18,21-26,58H,5-12,36H2,1-4H3,(H,37,39)(H,38,40)(H,41,51)(H,42,54)(H,43,53)(H,44,52)(H,47,48)(H,49,50)(H,56,57)/t21-,22-,23-,24-,25-,26-/m0/s1. The molecule has 0 aliphatic carbocycles. The number of rotatable bonds is 25. The van der Waals surface area contributed by atoms with Crippen LogP contribution in [0.4, 0.5) is 0 Å². The van der Waals surface area contributed by atoms with Gasteiger partial charge in [0.1, 0.15) is 30.2 Å². The number of hydrogen-bond acceptors (Lipinski definition) is 13. The summed E-state index contributed by atoms with van der Waals surface area (Å²) in [6, 6.07) is -9.57. The van der Waals surface area contributed by atoms with Gasteiger partial charge < -0.3 is 52.3 Å². The minimum absolute atomic E-state index is 0.0391. The van der Waals surface area contributed by atoms with Gasteiger partial charge in [0.25, 0.3) is 5.91 Å². The van der Waals surface area contributed by atoms with Crippen molar-refractivity contribution in [2.24, 2.45) is 17.6 Å². The van der Waals surface area contributed by atoms with Gasteiger partial charge in [-0.25, -0.2) is 14.8 Å². The number of nitrogens with two attached hydrogens (primary N) is 1. The largest absolute Gasteiger partial charge is 0.481 e. The van der Waals surface area contributed by atoms with Gasteiger partial charge in [-0.2, -0.15) is 12.6 Å². The van der Waals surface area contributed by atoms with Crippen molar-refractivity contribution in [2.75, 3.05) is 5.75 Å². The van der Waals surface area contributed by atoms with Crippen molar-refractivity contribution < 1.29 is 58.5 Å². The molecule has 11 N–H and O–H groups in total. The quantitative estimate of drug-likeness (QED) is 0.0500. The Balaban J connectivity index is 2.46. The predicted molar refractivity (Wildman–Crippen MR) is 205 cm³/mol. The normalized spacial score (nSPS) is 14.3. The highest BCUT2D eigenvalue weighted by atomic mass is 32.1. The second-order valence-corrected chi connectivity index (χ2v) is 14.7. The van der Waals surface area contributed by atoms with Gasteiger partial charge in [-0.15, -0.1) is 0 Å². The zero-order valence-corrected chi connectivity index (χ0v) is 33.4. The molecule has 0 aromatic carbocycles. The van der Waals surface area contributed by atoms with E-state index in [0.29, 0.717) is 5.69 Å². The molecule has 58 heavy (non-hydrogen) atoms. The molecule has 2 aromatic heterocycles. The van der Waals surface area contributed by atoms with E-state index in [4.69, 9.17) is 5.73 Å². The molecule has 0 aliphatic heterocycles. The van der Waals surface area contributed by atoms with E-state index in [1.807, 2.05) is 13.8 Å². The van der Waals surface area contributed by atoms with Gasteiger partial charge >= 0.3 is 17.9 Å². The molecule has 2 aromatic rings. The Hall–Kier alpha value is -5.84. The highest BCUT2D eigenvalue weighted by molar-refractivity contribution is 7.80. The second-order valence-electron chi connectivity index (χ2n) is 14.3. The van der Waals surface area contributed by atoms with Crippen molar-refractivity contribution in [2.45, 2.75) is 109 Å². The third-order valence-corrected chi connectivity index (χ3v) is 8.64. The molecule has 2 rings (SSSR count). The molecular formula is C35H52N10O12S. The van der Waals surface area contributed by atoms with Crippen LogP contribution in [-0.4, -0.2) is 136 Å². The summed E-state index contributed by atoms with van der Waals surface area (Å²) in [6.07, 6.45) is 2.28. The zero-order valence-electron chi connectivity index (χ0n) is 32.5. The Morgan fingerprint density at radius 3 is 1.62 bits per heavy atom. The second kappa shape index (κ2) is 23.4. The van der Waals surface area contributed by atoms with E-state index >= 15 is 0 Å². The van der Waals surface area contributed by atoms with Crippen LogP contribution < -0.4 is 27.0 Å². The maximum Gasteiger partial charge on any atom is 0.327 e. The monoisotopic (exact) mass is 836 g/mol. The maximum atomic E-state index is 14.0. The van der Waals surface area contributed by atoms with E-state index in [1.54, 1.807) is 13.8 Å². The molecule has 23 heteroatoms. The summed E-state index contributed by atoms with van der Waals surface area (Å²) >= 11 is 3.97. The number of nitrogens with zero attached hydrogens (tertiary/aromatic N) is 3. The number of nitrogens with one attached hydrogen (secondary N) is 6. The number of carbonyl (C=O) groups is 9. The molecule has 0 saturated heterocycles. The highest BCUT2D eigenvalue weighted by Crippen LogP contribution is 2.15. The Bertz CT molecular complexity index is 1740. The molecule has 6 atom stereocenters. The summed E-state index contributed by atoms with van der Waals surface area (Å²) in [7, 11) is 0. The van der Waals surface area contributed by atoms with E-state index in [-0.39, 0.29) is 47.4 Å². The molecule has 0 bridgehead atoms. The molecule has 0 saturated carbocycles. The zero-order chi connectivity index (χ0) is 43.7. The number of carboxylic acids is 3. The molecular weight excluding hydrogens is 785 g/mol. The van der Waals surface area contributed by atoms with E-state index in [9.17, 15) is 58.5 Å². The summed E-state index contributed by atoms with van der Waals surface area (Å²) in [6.45, 7) is 7.06. The summed E-state index contributed by atoms with van der Waals surface area (Å²) in [4.78, 5) is 131. The molecule has 2 heterocycles. The van der Waals surface area contributed by atoms with Crippen LogP contribution >= 0.6 is 12.6 Å². The molecule has 0 aliphatic rings. The first kappa shape index (κ1) is 48.3. The minimum atomic E-state index is -2.17. The molecule has 320 valence electrons. The Morgan fingerprint density at radius 1 is 0.690 bits per heavy atom. The lowest BCUT2D eigenvalue weighted by Gasteiger charge is -2.31.